The Morgan fingerprint density at radius 3 is 2.47 bits per heavy atom. The molecule has 0 aromatic heterocycles. The molecule has 17 heavy (non-hydrogen) atoms. The summed E-state index contributed by atoms with van der Waals surface area (Å²) in [6.07, 6.45) is 2.02. The third-order valence-electron chi connectivity index (χ3n) is 2.25. The molecule has 2 amide bonds. The Morgan fingerprint density at radius 2 is 2.00 bits per heavy atom. The molecular weight excluding hydrogens is 226 g/mol. The first-order chi connectivity index (χ1) is 7.99. The number of hydrogen-bond acceptors (Lipinski definition) is 4. The largest absolute Gasteiger partial charge is 0.480 e. The molecule has 4 N–H and O–H groups in total. The second-order valence-corrected chi connectivity index (χ2v) is 4.06. The molecule has 1 fully saturated rings. The van der Waals surface area contributed by atoms with Gasteiger partial charge in [-0.25, -0.2) is 4.79 Å². The van der Waals surface area contributed by atoms with Crippen LogP contribution in [-0.2, 0) is 14.4 Å². The molecule has 1 rings (SSSR count). The first-order valence-corrected chi connectivity index (χ1v) is 5.49. The molecule has 1 aliphatic carbocycles. The zero-order valence-electron chi connectivity index (χ0n) is 9.66. The first-order valence-electron chi connectivity index (χ1n) is 5.49. The van der Waals surface area contributed by atoms with Gasteiger partial charge in [0.25, 0.3) is 0 Å². The van der Waals surface area contributed by atoms with Gasteiger partial charge >= 0.3 is 5.97 Å². The molecule has 96 valence electrons. The number of carbonyl (C=O) groups excluding carboxylic acids is 2. The third-order valence-corrected chi connectivity index (χ3v) is 2.25. The van der Waals surface area contributed by atoms with Crippen molar-refractivity contribution in [3.8, 4) is 0 Å². The molecule has 7 nitrogen and oxygen atoms in total. The Morgan fingerprint density at radius 1 is 1.35 bits per heavy atom. The SMILES string of the molecule is CC(=O)NC(CNCC(=O)NC1CC1)C(=O)O. The molecule has 0 heterocycles. The molecule has 1 saturated carbocycles. The summed E-state index contributed by atoms with van der Waals surface area (Å²) in [4.78, 5) is 32.7. The predicted molar refractivity (Wildman–Crippen MR) is 59.3 cm³/mol. The lowest BCUT2D eigenvalue weighted by Gasteiger charge is -2.13. The highest BCUT2D eigenvalue weighted by Crippen LogP contribution is 2.18. The lowest BCUT2D eigenvalue weighted by Crippen LogP contribution is -2.48. The van der Waals surface area contributed by atoms with Crippen molar-refractivity contribution in [2.45, 2.75) is 31.8 Å². The smallest absolute Gasteiger partial charge is 0.327 e. The van der Waals surface area contributed by atoms with Gasteiger partial charge in [-0.1, -0.05) is 0 Å². The van der Waals surface area contributed by atoms with Crippen LogP contribution < -0.4 is 16.0 Å². The van der Waals surface area contributed by atoms with Crippen LogP contribution in [0.4, 0.5) is 0 Å². The van der Waals surface area contributed by atoms with Gasteiger partial charge in [-0.3, -0.25) is 9.59 Å². The highest BCUT2D eigenvalue weighted by atomic mass is 16.4. The summed E-state index contributed by atoms with van der Waals surface area (Å²) < 4.78 is 0. The van der Waals surface area contributed by atoms with Crippen LogP contribution >= 0.6 is 0 Å². The summed E-state index contributed by atoms with van der Waals surface area (Å²) >= 11 is 0. The van der Waals surface area contributed by atoms with Gasteiger partial charge in [0.2, 0.25) is 11.8 Å². The van der Waals surface area contributed by atoms with Crippen LogP contribution in [-0.4, -0.2) is 48.1 Å². The Kier molecular flexibility index (Phi) is 4.89. The fraction of sp³-hybridized carbons (Fsp3) is 0.700. The van der Waals surface area contributed by atoms with Gasteiger partial charge in [-0.15, -0.1) is 0 Å². The molecular formula is C10H17N3O4. The number of carboxylic acid groups (broad SMARTS) is 1. The summed E-state index contributed by atoms with van der Waals surface area (Å²) in [5, 5.41) is 16.5. The Hall–Kier alpha value is -1.63. The molecule has 1 atom stereocenters. The average molecular weight is 243 g/mol. The van der Waals surface area contributed by atoms with Crippen molar-refractivity contribution in [1.82, 2.24) is 16.0 Å². The minimum atomic E-state index is -1.13. The number of hydrogen-bond donors (Lipinski definition) is 4. The highest BCUT2D eigenvalue weighted by Gasteiger charge is 2.23. The number of carboxylic acids is 1. The third kappa shape index (κ3) is 5.86. The number of aliphatic carboxylic acids is 1. The van der Waals surface area contributed by atoms with Crippen molar-refractivity contribution in [1.29, 1.82) is 0 Å². The molecule has 0 aliphatic heterocycles. The van der Waals surface area contributed by atoms with E-state index in [1.165, 1.54) is 6.92 Å². The number of rotatable bonds is 7. The van der Waals surface area contributed by atoms with Crippen LogP contribution in [0, 0.1) is 0 Å². The van der Waals surface area contributed by atoms with Crippen molar-refractivity contribution in [2.75, 3.05) is 13.1 Å². The second-order valence-electron chi connectivity index (χ2n) is 4.06. The van der Waals surface area contributed by atoms with Crippen molar-refractivity contribution in [3.05, 3.63) is 0 Å². The van der Waals surface area contributed by atoms with Gasteiger partial charge in [-0.05, 0) is 12.8 Å². The number of amides is 2. The molecule has 7 heteroatoms. The molecule has 1 unspecified atom stereocenters. The average Bonchev–Trinajstić information content (AvgIpc) is 2.99. The Balaban J connectivity index is 2.18. The number of carbonyl (C=O) groups is 3. The van der Waals surface area contributed by atoms with E-state index < -0.39 is 17.9 Å². The van der Waals surface area contributed by atoms with Crippen molar-refractivity contribution in [2.24, 2.45) is 0 Å². The van der Waals surface area contributed by atoms with Crippen LogP contribution in [0.25, 0.3) is 0 Å². The molecule has 0 saturated heterocycles. The van der Waals surface area contributed by atoms with E-state index in [1.54, 1.807) is 0 Å². The van der Waals surface area contributed by atoms with Crippen LogP contribution in [0.5, 0.6) is 0 Å². The summed E-state index contributed by atoms with van der Waals surface area (Å²) in [5.41, 5.74) is 0. The molecule has 1 aliphatic rings. The second kappa shape index (κ2) is 6.19. The Labute approximate surface area is 98.9 Å². The summed E-state index contributed by atoms with van der Waals surface area (Å²) in [6.45, 7) is 1.32. The fourth-order valence-electron chi connectivity index (χ4n) is 1.28. The minimum absolute atomic E-state index is 0.0208. The summed E-state index contributed by atoms with van der Waals surface area (Å²) in [7, 11) is 0. The summed E-state index contributed by atoms with van der Waals surface area (Å²) in [6, 6.07) is -0.726. The molecule has 0 bridgehead atoms. The van der Waals surface area contributed by atoms with Gasteiger partial charge in [0.1, 0.15) is 6.04 Å². The fourth-order valence-corrected chi connectivity index (χ4v) is 1.28. The van der Waals surface area contributed by atoms with E-state index in [1.807, 2.05) is 0 Å². The Bertz CT molecular complexity index is 315. The maximum atomic E-state index is 11.3. The maximum absolute atomic E-state index is 11.3. The predicted octanol–water partition coefficient (Wildman–Crippen LogP) is -1.56. The van der Waals surface area contributed by atoms with Crippen molar-refractivity contribution >= 4 is 17.8 Å². The van der Waals surface area contributed by atoms with Crippen LogP contribution in [0.15, 0.2) is 0 Å². The van der Waals surface area contributed by atoms with E-state index in [2.05, 4.69) is 16.0 Å². The van der Waals surface area contributed by atoms with E-state index in [4.69, 9.17) is 5.11 Å². The lowest BCUT2D eigenvalue weighted by atomic mass is 10.3. The van der Waals surface area contributed by atoms with Crippen LogP contribution in [0.3, 0.4) is 0 Å². The highest BCUT2D eigenvalue weighted by molar-refractivity contribution is 5.82. The number of nitrogens with one attached hydrogen (secondary N) is 3. The van der Waals surface area contributed by atoms with Crippen molar-refractivity contribution in [3.63, 3.8) is 0 Å². The van der Waals surface area contributed by atoms with Crippen LogP contribution in [0.2, 0.25) is 0 Å². The maximum Gasteiger partial charge on any atom is 0.327 e. The molecule has 0 aromatic carbocycles. The van der Waals surface area contributed by atoms with E-state index in [9.17, 15) is 14.4 Å². The van der Waals surface area contributed by atoms with E-state index >= 15 is 0 Å². The van der Waals surface area contributed by atoms with Gasteiger partial charge < -0.3 is 21.1 Å². The minimum Gasteiger partial charge on any atom is -0.480 e. The molecule has 0 aromatic rings. The summed E-state index contributed by atoms with van der Waals surface area (Å²) in [5.74, 6) is -1.70. The van der Waals surface area contributed by atoms with Gasteiger partial charge in [0, 0.05) is 19.5 Å². The van der Waals surface area contributed by atoms with Crippen molar-refractivity contribution < 1.29 is 19.5 Å². The normalized spacial score (nSPS) is 16.1. The van der Waals surface area contributed by atoms with E-state index in [0.717, 1.165) is 12.8 Å². The monoisotopic (exact) mass is 243 g/mol. The molecule has 0 spiro atoms. The quantitative estimate of drug-likeness (QED) is 0.433. The standard InChI is InChI=1S/C10H17N3O4/c1-6(14)12-8(10(16)17)4-11-5-9(15)13-7-2-3-7/h7-8,11H,2-5H2,1H3,(H,12,14)(H,13,15)(H,16,17). The topological polar surface area (TPSA) is 108 Å². The molecule has 0 radical (unpaired) electrons. The van der Waals surface area contributed by atoms with E-state index in [-0.39, 0.29) is 25.0 Å². The van der Waals surface area contributed by atoms with Crippen LogP contribution in [0.1, 0.15) is 19.8 Å². The van der Waals surface area contributed by atoms with Gasteiger partial charge in [0.15, 0.2) is 0 Å². The first kappa shape index (κ1) is 13.4. The van der Waals surface area contributed by atoms with Gasteiger partial charge in [-0.2, -0.15) is 0 Å². The zero-order chi connectivity index (χ0) is 12.8. The lowest BCUT2D eigenvalue weighted by molar-refractivity contribution is -0.141. The zero-order valence-corrected chi connectivity index (χ0v) is 9.66. The van der Waals surface area contributed by atoms with E-state index in [0.29, 0.717) is 0 Å². The van der Waals surface area contributed by atoms with Gasteiger partial charge in [0.05, 0.1) is 6.54 Å².